The van der Waals surface area contributed by atoms with Crippen molar-refractivity contribution in [3.8, 4) is 11.8 Å². The number of ether oxygens (including phenoxy) is 1. The summed E-state index contributed by atoms with van der Waals surface area (Å²) in [5.74, 6) is 0.303. The van der Waals surface area contributed by atoms with Crippen LogP contribution in [0, 0.1) is 22.6 Å². The maximum atomic E-state index is 14.1. The Bertz CT molecular complexity index is 520. The lowest BCUT2D eigenvalue weighted by molar-refractivity contribution is 0.236. The fourth-order valence-corrected chi connectivity index (χ4v) is 2.37. The van der Waals surface area contributed by atoms with Gasteiger partial charge in [0.2, 0.25) is 0 Å². The highest BCUT2D eigenvalue weighted by atomic mass is 19.1. The maximum Gasteiger partial charge on any atom is 0.131 e. The van der Waals surface area contributed by atoms with E-state index < -0.39 is 0 Å². The lowest BCUT2D eigenvalue weighted by atomic mass is 10.1. The molecule has 0 aliphatic heterocycles. The Morgan fingerprint density at radius 1 is 1.48 bits per heavy atom. The zero-order valence-corrected chi connectivity index (χ0v) is 12.8. The van der Waals surface area contributed by atoms with E-state index in [1.54, 1.807) is 6.07 Å². The number of halogens is 1. The molecular formula is C17H23FN2O. The summed E-state index contributed by atoms with van der Waals surface area (Å²) in [6, 6.07) is 7.23. The minimum absolute atomic E-state index is 0.00707. The average Bonchev–Trinajstić information content (AvgIpc) is 3.23. The van der Waals surface area contributed by atoms with Gasteiger partial charge in [-0.1, -0.05) is 13.0 Å². The molecular weight excluding hydrogens is 267 g/mol. The molecule has 1 aliphatic rings. The van der Waals surface area contributed by atoms with Crippen LogP contribution in [-0.2, 0) is 0 Å². The van der Waals surface area contributed by atoms with Crippen LogP contribution in [0.5, 0.6) is 5.75 Å². The number of hydrogen-bond donors (Lipinski definition) is 1. The van der Waals surface area contributed by atoms with Crippen molar-refractivity contribution in [1.82, 2.24) is 5.32 Å². The summed E-state index contributed by atoms with van der Waals surface area (Å²) in [5.41, 5.74) is 0.675. The topological polar surface area (TPSA) is 45.0 Å². The number of nitriles is 1. The van der Waals surface area contributed by atoms with Crippen molar-refractivity contribution in [2.75, 3.05) is 13.2 Å². The number of benzene rings is 1. The second-order valence-corrected chi connectivity index (χ2v) is 5.98. The quantitative estimate of drug-likeness (QED) is 0.788. The lowest BCUT2D eigenvalue weighted by Crippen LogP contribution is -2.20. The largest absolute Gasteiger partial charge is 0.493 e. The van der Waals surface area contributed by atoms with Crippen molar-refractivity contribution in [3.05, 3.63) is 29.6 Å². The molecule has 0 bridgehead atoms. The van der Waals surface area contributed by atoms with Gasteiger partial charge in [0.1, 0.15) is 11.6 Å². The Labute approximate surface area is 126 Å². The Morgan fingerprint density at radius 3 is 2.81 bits per heavy atom. The van der Waals surface area contributed by atoms with Gasteiger partial charge in [-0.05, 0) is 38.8 Å². The van der Waals surface area contributed by atoms with Crippen LogP contribution >= 0.6 is 0 Å². The predicted molar refractivity (Wildman–Crippen MR) is 80.5 cm³/mol. The fourth-order valence-electron chi connectivity index (χ4n) is 2.37. The summed E-state index contributed by atoms with van der Waals surface area (Å²) in [5, 5.41) is 12.1. The van der Waals surface area contributed by atoms with Gasteiger partial charge in [-0.2, -0.15) is 5.26 Å². The summed E-state index contributed by atoms with van der Waals surface area (Å²) in [4.78, 5) is 0. The predicted octanol–water partition coefficient (Wildman–Crippen LogP) is 3.96. The van der Waals surface area contributed by atoms with Crippen molar-refractivity contribution in [2.45, 2.75) is 45.6 Å². The Kier molecular flexibility index (Phi) is 5.19. The van der Waals surface area contributed by atoms with Gasteiger partial charge in [0.05, 0.1) is 12.7 Å². The number of nitrogens with zero attached hydrogens (tertiary/aromatic N) is 1. The third kappa shape index (κ3) is 4.18. The van der Waals surface area contributed by atoms with Crippen molar-refractivity contribution in [3.63, 3.8) is 0 Å². The molecule has 1 fully saturated rings. The fraction of sp³-hybridized carbons (Fsp3) is 0.588. The Hall–Kier alpha value is -1.60. The molecule has 0 heterocycles. The summed E-state index contributed by atoms with van der Waals surface area (Å²) in [6.07, 6.45) is 3.60. The van der Waals surface area contributed by atoms with E-state index >= 15 is 0 Å². The highest BCUT2D eigenvalue weighted by Crippen LogP contribution is 2.48. The molecule has 0 aromatic heterocycles. The zero-order chi connectivity index (χ0) is 15.3. The van der Waals surface area contributed by atoms with E-state index in [0.717, 1.165) is 25.8 Å². The van der Waals surface area contributed by atoms with Gasteiger partial charge in [-0.15, -0.1) is 0 Å². The first-order valence-electron chi connectivity index (χ1n) is 7.63. The standard InChI is InChI=1S/C17H23FN2O/c1-3-10-20-13(2)15-5-4-14(11-16(15)18)21-12-17(6-7-17)8-9-19/h4-5,11,13,20H,3,6-8,10,12H2,1-2H3. The molecule has 1 aliphatic carbocycles. The molecule has 1 saturated carbocycles. The van der Waals surface area contributed by atoms with Crippen LogP contribution in [0.25, 0.3) is 0 Å². The van der Waals surface area contributed by atoms with Gasteiger partial charge < -0.3 is 10.1 Å². The van der Waals surface area contributed by atoms with Crippen LogP contribution in [0.4, 0.5) is 4.39 Å². The number of rotatable bonds is 8. The second-order valence-electron chi connectivity index (χ2n) is 5.98. The lowest BCUT2D eigenvalue weighted by Gasteiger charge is -2.17. The molecule has 2 rings (SSSR count). The number of nitrogens with one attached hydrogen (secondary N) is 1. The minimum atomic E-state index is -0.242. The van der Waals surface area contributed by atoms with Crippen LogP contribution in [-0.4, -0.2) is 13.2 Å². The molecule has 21 heavy (non-hydrogen) atoms. The van der Waals surface area contributed by atoms with Crippen molar-refractivity contribution in [1.29, 1.82) is 5.26 Å². The molecule has 3 nitrogen and oxygen atoms in total. The van der Waals surface area contributed by atoms with E-state index in [-0.39, 0.29) is 17.3 Å². The molecule has 0 spiro atoms. The first-order chi connectivity index (χ1) is 10.1. The monoisotopic (exact) mass is 290 g/mol. The smallest absolute Gasteiger partial charge is 0.131 e. The first-order valence-corrected chi connectivity index (χ1v) is 7.63. The van der Waals surface area contributed by atoms with Gasteiger partial charge in [-0.3, -0.25) is 0 Å². The normalized spacial score (nSPS) is 17.0. The zero-order valence-electron chi connectivity index (χ0n) is 12.8. The molecule has 0 radical (unpaired) electrons. The minimum Gasteiger partial charge on any atom is -0.493 e. The van der Waals surface area contributed by atoms with Crippen LogP contribution in [0.1, 0.15) is 51.1 Å². The summed E-state index contributed by atoms with van der Waals surface area (Å²) < 4.78 is 19.8. The SMILES string of the molecule is CCCNC(C)c1ccc(OCC2(CC#N)CC2)cc1F. The van der Waals surface area contributed by atoms with Gasteiger partial charge in [0, 0.05) is 29.5 Å². The molecule has 1 atom stereocenters. The van der Waals surface area contributed by atoms with E-state index in [9.17, 15) is 4.39 Å². The molecule has 4 heteroatoms. The molecule has 0 saturated heterocycles. The van der Waals surface area contributed by atoms with E-state index in [1.165, 1.54) is 6.07 Å². The Morgan fingerprint density at radius 2 is 2.24 bits per heavy atom. The van der Waals surface area contributed by atoms with Gasteiger partial charge in [0.25, 0.3) is 0 Å². The van der Waals surface area contributed by atoms with Gasteiger partial charge in [0.15, 0.2) is 0 Å². The summed E-state index contributed by atoms with van der Waals surface area (Å²) in [6.45, 7) is 5.42. The van der Waals surface area contributed by atoms with Crippen LogP contribution in [0.3, 0.4) is 0 Å². The maximum absolute atomic E-state index is 14.1. The van der Waals surface area contributed by atoms with E-state index in [1.807, 2.05) is 13.0 Å². The third-order valence-corrected chi connectivity index (χ3v) is 4.10. The molecule has 1 unspecified atom stereocenters. The van der Waals surface area contributed by atoms with Crippen LogP contribution < -0.4 is 10.1 Å². The molecule has 1 aromatic carbocycles. The molecule has 1 aromatic rings. The molecule has 0 amide bonds. The molecule has 114 valence electrons. The summed E-state index contributed by atoms with van der Waals surface area (Å²) in [7, 11) is 0. The van der Waals surface area contributed by atoms with Crippen molar-refractivity contribution < 1.29 is 9.13 Å². The van der Waals surface area contributed by atoms with E-state index in [2.05, 4.69) is 18.3 Å². The van der Waals surface area contributed by atoms with Crippen molar-refractivity contribution in [2.24, 2.45) is 5.41 Å². The highest BCUT2D eigenvalue weighted by molar-refractivity contribution is 5.30. The average molecular weight is 290 g/mol. The third-order valence-electron chi connectivity index (χ3n) is 4.10. The van der Waals surface area contributed by atoms with Crippen LogP contribution in [0.15, 0.2) is 18.2 Å². The first kappa shape index (κ1) is 15.8. The van der Waals surface area contributed by atoms with Crippen LogP contribution in [0.2, 0.25) is 0 Å². The van der Waals surface area contributed by atoms with Gasteiger partial charge in [-0.25, -0.2) is 4.39 Å². The van der Waals surface area contributed by atoms with Crippen molar-refractivity contribution >= 4 is 0 Å². The highest BCUT2D eigenvalue weighted by Gasteiger charge is 2.43. The van der Waals surface area contributed by atoms with Gasteiger partial charge >= 0.3 is 0 Å². The second kappa shape index (κ2) is 6.91. The van der Waals surface area contributed by atoms with E-state index in [4.69, 9.17) is 10.00 Å². The summed E-state index contributed by atoms with van der Waals surface area (Å²) >= 11 is 0. The molecule has 1 N–H and O–H groups in total. The van der Waals surface area contributed by atoms with E-state index in [0.29, 0.717) is 24.3 Å². The number of hydrogen-bond acceptors (Lipinski definition) is 3. The Balaban J connectivity index is 1.94.